The van der Waals surface area contributed by atoms with Crippen LogP contribution in [0.15, 0.2) is 29.6 Å². The van der Waals surface area contributed by atoms with Gasteiger partial charge >= 0.3 is 5.97 Å². The van der Waals surface area contributed by atoms with E-state index in [9.17, 15) is 9.59 Å². The van der Waals surface area contributed by atoms with E-state index in [0.717, 1.165) is 23.3 Å². The van der Waals surface area contributed by atoms with Crippen molar-refractivity contribution in [2.75, 3.05) is 19.4 Å². The van der Waals surface area contributed by atoms with Crippen LogP contribution in [0.25, 0.3) is 0 Å². The van der Waals surface area contributed by atoms with Gasteiger partial charge < -0.3 is 15.2 Å². The van der Waals surface area contributed by atoms with E-state index in [1.54, 1.807) is 35.2 Å². The molecule has 0 radical (unpaired) electrons. The minimum atomic E-state index is -0.987. The third-order valence-corrected chi connectivity index (χ3v) is 6.38. The predicted molar refractivity (Wildman–Crippen MR) is 99.9 cm³/mol. The van der Waals surface area contributed by atoms with Crippen LogP contribution in [-0.4, -0.2) is 36.4 Å². The first-order valence-electron chi connectivity index (χ1n) is 7.96. The number of carbonyl (C=O) groups excluding carboxylic acids is 1. The molecule has 2 aromatic rings. The number of rotatable bonds is 6. The van der Waals surface area contributed by atoms with Crippen molar-refractivity contribution in [2.45, 2.75) is 18.1 Å². The number of methoxy groups -OCH3 is 1. The number of carboxylic acid groups (broad SMARTS) is 1. The van der Waals surface area contributed by atoms with Crippen LogP contribution in [0.2, 0.25) is 0 Å². The zero-order valence-corrected chi connectivity index (χ0v) is 15.4. The van der Waals surface area contributed by atoms with Crippen molar-refractivity contribution in [3.63, 3.8) is 0 Å². The number of ether oxygens (including phenoxy) is 1. The molecule has 3 rings (SSSR count). The molecule has 25 heavy (non-hydrogen) atoms. The van der Waals surface area contributed by atoms with Crippen LogP contribution in [0, 0.1) is 0 Å². The molecule has 0 spiro atoms. The highest BCUT2D eigenvalue weighted by atomic mass is 32.2. The van der Waals surface area contributed by atoms with Gasteiger partial charge in [0.25, 0.3) is 0 Å². The lowest BCUT2D eigenvalue weighted by atomic mass is 10.1. The quantitative estimate of drug-likeness (QED) is 0.809. The molecule has 1 aliphatic rings. The Morgan fingerprint density at radius 3 is 2.96 bits per heavy atom. The van der Waals surface area contributed by atoms with E-state index in [4.69, 9.17) is 9.84 Å². The molecule has 0 aliphatic carbocycles. The van der Waals surface area contributed by atoms with E-state index in [1.807, 2.05) is 11.4 Å². The molecule has 0 saturated heterocycles. The number of aryl methyl sites for hydroxylation is 1. The summed E-state index contributed by atoms with van der Waals surface area (Å²) in [6.45, 7) is 0.484. The van der Waals surface area contributed by atoms with Crippen LogP contribution in [0.4, 0.5) is 0 Å². The van der Waals surface area contributed by atoms with Crippen LogP contribution in [0.1, 0.15) is 31.6 Å². The number of carbonyl (C=O) groups is 2. The fraction of sp³-hybridized carbons (Fsp3) is 0.333. The standard InChI is InChI=1S/C18H19NO4S2/c1-23-14-10-12(18(21)22)3-2-11(14)4-7-19-17(20)16-13-5-8-24-15(13)6-9-25-16/h2-3,5,8,10,16H,4,6-7,9H2,1H3,(H,19,20)(H,21,22). The molecule has 2 heterocycles. The largest absolute Gasteiger partial charge is 0.496 e. The fourth-order valence-corrected chi connectivity index (χ4v) is 5.18. The second kappa shape index (κ2) is 7.93. The molecule has 1 aliphatic heterocycles. The number of hydrogen-bond donors (Lipinski definition) is 2. The van der Waals surface area contributed by atoms with Crippen molar-refractivity contribution in [2.24, 2.45) is 0 Å². The van der Waals surface area contributed by atoms with Gasteiger partial charge in [0.15, 0.2) is 0 Å². The van der Waals surface area contributed by atoms with Crippen molar-refractivity contribution in [3.8, 4) is 5.75 Å². The lowest BCUT2D eigenvalue weighted by molar-refractivity contribution is -0.120. The Morgan fingerprint density at radius 2 is 2.20 bits per heavy atom. The van der Waals surface area contributed by atoms with Crippen LogP contribution in [0.5, 0.6) is 5.75 Å². The number of nitrogens with one attached hydrogen (secondary N) is 1. The summed E-state index contributed by atoms with van der Waals surface area (Å²) in [4.78, 5) is 24.8. The first-order chi connectivity index (χ1) is 12.1. The smallest absolute Gasteiger partial charge is 0.335 e. The molecule has 132 valence electrons. The average Bonchev–Trinajstić information content (AvgIpc) is 3.10. The number of carboxylic acids is 1. The van der Waals surface area contributed by atoms with E-state index in [1.165, 1.54) is 18.1 Å². The summed E-state index contributed by atoms with van der Waals surface area (Å²) in [5, 5.41) is 13.9. The molecule has 0 fully saturated rings. The second-order valence-electron chi connectivity index (χ2n) is 5.67. The first-order valence-corrected chi connectivity index (χ1v) is 9.88. The Labute approximate surface area is 154 Å². The van der Waals surface area contributed by atoms with Gasteiger partial charge in [-0.1, -0.05) is 6.07 Å². The Hall–Kier alpha value is -1.99. The highest BCUT2D eigenvalue weighted by Gasteiger charge is 2.27. The van der Waals surface area contributed by atoms with Gasteiger partial charge in [-0.25, -0.2) is 4.79 Å². The van der Waals surface area contributed by atoms with Crippen LogP contribution >= 0.6 is 23.1 Å². The van der Waals surface area contributed by atoms with Gasteiger partial charge in [0.2, 0.25) is 5.91 Å². The lowest BCUT2D eigenvalue weighted by Gasteiger charge is -2.21. The summed E-state index contributed by atoms with van der Waals surface area (Å²) < 4.78 is 5.27. The van der Waals surface area contributed by atoms with E-state index >= 15 is 0 Å². The fourth-order valence-electron chi connectivity index (χ4n) is 2.86. The van der Waals surface area contributed by atoms with E-state index < -0.39 is 5.97 Å². The SMILES string of the molecule is COc1cc(C(=O)O)ccc1CCNC(=O)C1SCCc2sccc21. The summed E-state index contributed by atoms with van der Waals surface area (Å²) in [7, 11) is 1.51. The number of thioether (sulfide) groups is 1. The van der Waals surface area contributed by atoms with Gasteiger partial charge in [0, 0.05) is 11.4 Å². The predicted octanol–water partition coefficient (Wildman–Crippen LogP) is 3.14. The van der Waals surface area contributed by atoms with Crippen LogP contribution in [-0.2, 0) is 17.6 Å². The Morgan fingerprint density at radius 1 is 1.36 bits per heavy atom. The third-order valence-electron chi connectivity index (χ3n) is 4.14. The topological polar surface area (TPSA) is 75.6 Å². The van der Waals surface area contributed by atoms with Crippen molar-refractivity contribution in [1.29, 1.82) is 0 Å². The Bertz CT molecular complexity index is 787. The summed E-state index contributed by atoms with van der Waals surface area (Å²) in [5.74, 6) is 0.543. The van der Waals surface area contributed by atoms with E-state index in [-0.39, 0.29) is 16.7 Å². The number of thiophene rings is 1. The third kappa shape index (κ3) is 3.99. The second-order valence-corrected chi connectivity index (χ2v) is 7.89. The van der Waals surface area contributed by atoms with Gasteiger partial charge in [0.1, 0.15) is 11.0 Å². The molecule has 1 aromatic heterocycles. The highest BCUT2D eigenvalue weighted by molar-refractivity contribution is 8.00. The molecule has 5 nitrogen and oxygen atoms in total. The zero-order valence-electron chi connectivity index (χ0n) is 13.8. The van der Waals surface area contributed by atoms with Gasteiger partial charge in [-0.3, -0.25) is 4.79 Å². The molecule has 1 aromatic carbocycles. The Balaban J connectivity index is 1.60. The lowest BCUT2D eigenvalue weighted by Crippen LogP contribution is -2.31. The van der Waals surface area contributed by atoms with Crippen molar-refractivity contribution >= 4 is 35.0 Å². The first kappa shape index (κ1) is 17.8. The molecular formula is C18H19NO4S2. The normalized spacial score (nSPS) is 16.1. The Kier molecular flexibility index (Phi) is 5.65. The van der Waals surface area contributed by atoms with Gasteiger partial charge in [-0.05, 0) is 53.3 Å². The minimum Gasteiger partial charge on any atom is -0.496 e. The number of aromatic carboxylic acids is 1. The van der Waals surface area contributed by atoms with Gasteiger partial charge in [-0.2, -0.15) is 0 Å². The molecular weight excluding hydrogens is 358 g/mol. The van der Waals surface area contributed by atoms with Crippen molar-refractivity contribution in [1.82, 2.24) is 5.32 Å². The maximum absolute atomic E-state index is 12.5. The molecule has 0 saturated carbocycles. The molecule has 1 atom stereocenters. The number of amides is 1. The zero-order chi connectivity index (χ0) is 17.8. The summed E-state index contributed by atoms with van der Waals surface area (Å²) >= 11 is 3.40. The van der Waals surface area contributed by atoms with E-state index in [0.29, 0.717) is 18.7 Å². The molecule has 0 bridgehead atoms. The molecule has 1 amide bonds. The summed E-state index contributed by atoms with van der Waals surface area (Å²) in [6, 6.07) is 6.84. The van der Waals surface area contributed by atoms with Crippen LogP contribution < -0.4 is 10.1 Å². The van der Waals surface area contributed by atoms with E-state index in [2.05, 4.69) is 5.32 Å². The van der Waals surface area contributed by atoms with Crippen molar-refractivity contribution < 1.29 is 19.4 Å². The maximum Gasteiger partial charge on any atom is 0.335 e. The highest BCUT2D eigenvalue weighted by Crippen LogP contribution is 2.39. The molecule has 2 N–H and O–H groups in total. The van der Waals surface area contributed by atoms with Gasteiger partial charge in [-0.15, -0.1) is 23.1 Å². The monoisotopic (exact) mass is 377 g/mol. The molecule has 7 heteroatoms. The van der Waals surface area contributed by atoms with Crippen molar-refractivity contribution in [3.05, 3.63) is 51.2 Å². The molecule has 1 unspecified atom stereocenters. The summed E-state index contributed by atoms with van der Waals surface area (Å²) in [5.41, 5.74) is 2.20. The minimum absolute atomic E-state index is 0.0328. The summed E-state index contributed by atoms with van der Waals surface area (Å²) in [6.07, 6.45) is 1.62. The maximum atomic E-state index is 12.5. The number of benzene rings is 1. The van der Waals surface area contributed by atoms with Crippen LogP contribution in [0.3, 0.4) is 0 Å². The number of hydrogen-bond acceptors (Lipinski definition) is 5. The average molecular weight is 377 g/mol. The number of fused-ring (bicyclic) bond motifs is 1. The van der Waals surface area contributed by atoms with Gasteiger partial charge in [0.05, 0.1) is 12.7 Å².